The minimum Gasteiger partial charge on any atom is -0.449 e. The maximum absolute atomic E-state index is 12.6. The summed E-state index contributed by atoms with van der Waals surface area (Å²) in [5.41, 5.74) is 0.103. The number of imidazole rings is 1. The molecule has 1 aliphatic heterocycles. The summed E-state index contributed by atoms with van der Waals surface area (Å²) < 4.78 is 8.85. The Bertz CT molecular complexity index is 1040. The zero-order valence-electron chi connectivity index (χ0n) is 19.7. The highest BCUT2D eigenvalue weighted by molar-refractivity contribution is 5.71. The van der Waals surface area contributed by atoms with Gasteiger partial charge in [-0.1, -0.05) is 27.2 Å². The molecule has 3 heterocycles. The highest BCUT2D eigenvalue weighted by Crippen LogP contribution is 2.15. The Balaban J connectivity index is 1.80. The van der Waals surface area contributed by atoms with Crippen LogP contribution in [0, 0.1) is 5.92 Å². The number of carbonyl (C=O) groups is 1. The molecule has 0 unspecified atom stereocenters. The number of hydrogen-bond donors (Lipinski definition) is 1. The van der Waals surface area contributed by atoms with E-state index in [0.29, 0.717) is 63.0 Å². The highest BCUT2D eigenvalue weighted by Gasteiger charge is 2.23. The Labute approximate surface area is 188 Å². The van der Waals surface area contributed by atoms with Gasteiger partial charge in [0.2, 0.25) is 0 Å². The van der Waals surface area contributed by atoms with Crippen LogP contribution in [0.3, 0.4) is 0 Å². The number of ether oxygens (including phenoxy) is 1. The fourth-order valence-corrected chi connectivity index (χ4v) is 4.04. The van der Waals surface area contributed by atoms with E-state index in [1.54, 1.807) is 9.47 Å². The first-order valence-electron chi connectivity index (χ1n) is 11.7. The highest BCUT2D eigenvalue weighted by atomic mass is 16.6. The third-order valence-corrected chi connectivity index (χ3v) is 5.77. The van der Waals surface area contributed by atoms with Crippen LogP contribution in [0.2, 0.25) is 0 Å². The van der Waals surface area contributed by atoms with E-state index in [2.05, 4.69) is 16.8 Å². The van der Waals surface area contributed by atoms with Crippen LogP contribution < -0.4 is 11.2 Å². The lowest BCUT2D eigenvalue weighted by atomic mass is 10.2. The molecule has 32 heavy (non-hydrogen) atoms. The minimum atomic E-state index is -0.409. The van der Waals surface area contributed by atoms with Crippen molar-refractivity contribution in [2.75, 3.05) is 32.8 Å². The average molecular weight is 449 g/mol. The van der Waals surface area contributed by atoms with Gasteiger partial charge in [0.15, 0.2) is 11.2 Å². The molecule has 10 heteroatoms. The molecule has 1 saturated heterocycles. The minimum absolute atomic E-state index is 0.257. The summed E-state index contributed by atoms with van der Waals surface area (Å²) in [7, 11) is 0. The molecular weight excluding hydrogens is 412 g/mol. The van der Waals surface area contributed by atoms with Gasteiger partial charge in [-0.15, -0.1) is 0 Å². The van der Waals surface area contributed by atoms with Gasteiger partial charge >= 0.3 is 11.8 Å². The van der Waals surface area contributed by atoms with E-state index < -0.39 is 11.2 Å². The molecule has 10 nitrogen and oxygen atoms in total. The van der Waals surface area contributed by atoms with Crippen LogP contribution in [-0.4, -0.2) is 67.8 Å². The summed E-state index contributed by atoms with van der Waals surface area (Å²) in [5, 5.41) is 0. The molecule has 0 aliphatic carbocycles. The van der Waals surface area contributed by atoms with Gasteiger partial charge in [-0.2, -0.15) is 0 Å². The van der Waals surface area contributed by atoms with Crippen molar-refractivity contribution in [3.05, 3.63) is 26.7 Å². The van der Waals surface area contributed by atoms with Gasteiger partial charge in [0.05, 0.1) is 13.2 Å². The molecule has 0 radical (unpaired) electrons. The largest absolute Gasteiger partial charge is 0.449 e. The second-order valence-electron chi connectivity index (χ2n) is 8.80. The Kier molecular flexibility index (Phi) is 8.11. The standard InChI is InChI=1S/C22H36N6O4/c1-5-7-11-28-19-18(20(29)24-21(28)30)27(6-2)17(23-19)14-25-9-8-10-26(13-12-25)22(31)32-15-16(3)4/h16H,5-15H2,1-4H3,(H,24,29,30). The molecule has 1 aliphatic rings. The van der Waals surface area contributed by atoms with Crippen LogP contribution in [0.25, 0.3) is 11.2 Å². The number of aryl methyl sites for hydroxylation is 2. The zero-order chi connectivity index (χ0) is 23.3. The number of nitrogens with one attached hydrogen (secondary N) is 1. The molecule has 3 rings (SSSR count). The van der Waals surface area contributed by atoms with Crippen molar-refractivity contribution in [3.63, 3.8) is 0 Å². The number of carbonyl (C=O) groups excluding carboxylic acids is 1. The number of H-pyrrole nitrogens is 1. The molecule has 0 atom stereocenters. The van der Waals surface area contributed by atoms with Gasteiger partial charge in [0.25, 0.3) is 5.56 Å². The first-order chi connectivity index (χ1) is 15.3. The number of amides is 1. The van der Waals surface area contributed by atoms with Gasteiger partial charge in [-0.3, -0.25) is 19.2 Å². The monoisotopic (exact) mass is 448 g/mol. The van der Waals surface area contributed by atoms with Crippen LogP contribution >= 0.6 is 0 Å². The van der Waals surface area contributed by atoms with Crippen molar-refractivity contribution < 1.29 is 9.53 Å². The third kappa shape index (κ3) is 5.40. The van der Waals surface area contributed by atoms with E-state index in [9.17, 15) is 14.4 Å². The topological polar surface area (TPSA) is 105 Å². The number of fused-ring (bicyclic) bond motifs is 1. The molecule has 2 aromatic rings. The summed E-state index contributed by atoms with van der Waals surface area (Å²) in [6, 6.07) is 0. The van der Waals surface area contributed by atoms with Crippen molar-refractivity contribution in [2.24, 2.45) is 5.92 Å². The molecule has 1 amide bonds. The summed E-state index contributed by atoms with van der Waals surface area (Å²) >= 11 is 0. The van der Waals surface area contributed by atoms with Gasteiger partial charge < -0.3 is 14.2 Å². The smallest absolute Gasteiger partial charge is 0.409 e. The van der Waals surface area contributed by atoms with Crippen LogP contribution in [0.5, 0.6) is 0 Å². The summed E-state index contributed by atoms with van der Waals surface area (Å²) in [4.78, 5) is 48.5. The SMILES string of the molecule is CCCCn1c(=O)[nH]c(=O)c2c1nc(CN1CCCN(C(=O)OCC(C)C)CC1)n2CC. The molecular formula is C22H36N6O4. The van der Waals surface area contributed by atoms with Gasteiger partial charge in [-0.25, -0.2) is 14.6 Å². The third-order valence-electron chi connectivity index (χ3n) is 5.77. The lowest BCUT2D eigenvalue weighted by molar-refractivity contribution is 0.0929. The Morgan fingerprint density at radius 2 is 1.91 bits per heavy atom. The predicted molar refractivity (Wildman–Crippen MR) is 123 cm³/mol. The Morgan fingerprint density at radius 1 is 1.12 bits per heavy atom. The first-order valence-corrected chi connectivity index (χ1v) is 11.7. The number of aromatic nitrogens is 4. The molecule has 2 aromatic heterocycles. The number of unbranched alkanes of at least 4 members (excludes halogenated alkanes) is 1. The summed E-state index contributed by atoms with van der Waals surface area (Å²) in [5.74, 6) is 1.07. The first kappa shape index (κ1) is 24.0. The quantitative estimate of drug-likeness (QED) is 0.662. The summed E-state index contributed by atoms with van der Waals surface area (Å²) in [6.07, 6.45) is 2.36. The van der Waals surface area contributed by atoms with E-state index in [0.717, 1.165) is 31.6 Å². The lowest BCUT2D eigenvalue weighted by Crippen LogP contribution is -2.36. The normalized spacial score (nSPS) is 15.5. The van der Waals surface area contributed by atoms with Gasteiger partial charge in [0.1, 0.15) is 5.82 Å². The molecule has 0 saturated carbocycles. The molecule has 1 N–H and O–H groups in total. The van der Waals surface area contributed by atoms with Crippen molar-refractivity contribution in [2.45, 2.75) is 66.6 Å². The summed E-state index contributed by atoms with van der Waals surface area (Å²) in [6.45, 7) is 12.9. The Morgan fingerprint density at radius 3 is 2.59 bits per heavy atom. The van der Waals surface area contributed by atoms with E-state index in [1.165, 1.54) is 0 Å². The zero-order valence-corrected chi connectivity index (χ0v) is 19.7. The van der Waals surface area contributed by atoms with E-state index in [1.807, 2.05) is 25.3 Å². The van der Waals surface area contributed by atoms with E-state index in [-0.39, 0.29) is 6.09 Å². The average Bonchev–Trinajstić information content (AvgIpc) is 2.95. The Hall–Kier alpha value is -2.62. The molecule has 1 fully saturated rings. The number of nitrogens with zero attached hydrogens (tertiary/aromatic N) is 5. The van der Waals surface area contributed by atoms with Crippen molar-refractivity contribution >= 4 is 17.3 Å². The lowest BCUT2D eigenvalue weighted by Gasteiger charge is -2.22. The fraction of sp³-hybridized carbons (Fsp3) is 0.727. The fourth-order valence-electron chi connectivity index (χ4n) is 4.04. The van der Waals surface area contributed by atoms with Crippen LogP contribution in [0.1, 0.15) is 52.8 Å². The van der Waals surface area contributed by atoms with Gasteiger partial charge in [-0.05, 0) is 25.7 Å². The number of hydrogen-bond acceptors (Lipinski definition) is 6. The van der Waals surface area contributed by atoms with E-state index in [4.69, 9.17) is 9.72 Å². The predicted octanol–water partition coefficient (Wildman–Crippen LogP) is 2.01. The maximum atomic E-state index is 12.6. The van der Waals surface area contributed by atoms with Gasteiger partial charge in [0, 0.05) is 39.3 Å². The maximum Gasteiger partial charge on any atom is 0.409 e. The van der Waals surface area contributed by atoms with E-state index >= 15 is 0 Å². The molecule has 0 spiro atoms. The molecule has 0 bridgehead atoms. The second-order valence-corrected chi connectivity index (χ2v) is 8.80. The molecule has 0 aromatic carbocycles. The van der Waals surface area contributed by atoms with Crippen LogP contribution in [0.15, 0.2) is 9.59 Å². The van der Waals surface area contributed by atoms with Crippen LogP contribution in [-0.2, 0) is 24.4 Å². The van der Waals surface area contributed by atoms with Crippen molar-refractivity contribution in [1.82, 2.24) is 28.9 Å². The van der Waals surface area contributed by atoms with Crippen LogP contribution in [0.4, 0.5) is 4.79 Å². The van der Waals surface area contributed by atoms with Crippen molar-refractivity contribution in [3.8, 4) is 0 Å². The number of aromatic amines is 1. The van der Waals surface area contributed by atoms with Crippen molar-refractivity contribution in [1.29, 1.82) is 0 Å². The number of rotatable bonds is 8. The molecule has 178 valence electrons. The second kappa shape index (κ2) is 10.8.